The molecular weight excluding hydrogens is 300 g/mol. The van der Waals surface area contributed by atoms with Gasteiger partial charge in [0, 0.05) is 12.0 Å². The molecule has 0 aromatic heterocycles. The summed E-state index contributed by atoms with van der Waals surface area (Å²) < 4.78 is 6.19. The molecule has 1 N–H and O–H groups in total. The summed E-state index contributed by atoms with van der Waals surface area (Å²) in [4.78, 5) is 13.1. The highest BCUT2D eigenvalue weighted by molar-refractivity contribution is 5.74. The summed E-state index contributed by atoms with van der Waals surface area (Å²) in [6.07, 6.45) is 4.66. The first-order chi connectivity index (χ1) is 11.2. The Morgan fingerprint density at radius 1 is 1.12 bits per heavy atom. The minimum absolute atomic E-state index is 0.00475. The lowest BCUT2D eigenvalue weighted by atomic mass is 9.69. The lowest BCUT2D eigenvalue weighted by Crippen LogP contribution is -2.43. The van der Waals surface area contributed by atoms with Gasteiger partial charge in [0.25, 0.3) is 0 Å². The van der Waals surface area contributed by atoms with Gasteiger partial charge in [0.05, 0.1) is 5.92 Å². The Kier molecular flexibility index (Phi) is 3.67. The number of hydrogen-bond donors (Lipinski definition) is 1. The smallest absolute Gasteiger partial charge is 0.309 e. The molecule has 0 spiro atoms. The molecule has 9 unspecified atom stereocenters. The predicted molar refractivity (Wildman–Crippen MR) is 93.1 cm³/mol. The Balaban J connectivity index is 1.52. The minimum atomic E-state index is -0.0722. The Labute approximate surface area is 146 Å². The summed E-state index contributed by atoms with van der Waals surface area (Å²) in [7, 11) is 0. The fourth-order valence-electron chi connectivity index (χ4n) is 7.27. The van der Waals surface area contributed by atoms with Crippen molar-refractivity contribution in [3.05, 3.63) is 0 Å². The van der Waals surface area contributed by atoms with Crippen molar-refractivity contribution < 1.29 is 14.6 Å². The topological polar surface area (TPSA) is 46.5 Å². The van der Waals surface area contributed by atoms with Crippen LogP contribution in [-0.4, -0.2) is 23.8 Å². The first kappa shape index (κ1) is 16.9. The second-order valence-electron chi connectivity index (χ2n) is 10.2. The largest absolute Gasteiger partial charge is 0.462 e. The molecule has 3 heteroatoms. The van der Waals surface area contributed by atoms with Crippen LogP contribution in [-0.2, 0) is 9.53 Å². The van der Waals surface area contributed by atoms with Gasteiger partial charge in [-0.2, -0.15) is 0 Å². The Hall–Kier alpha value is -0.570. The van der Waals surface area contributed by atoms with Gasteiger partial charge in [-0.1, -0.05) is 34.6 Å². The van der Waals surface area contributed by atoms with Crippen LogP contribution in [0.25, 0.3) is 0 Å². The zero-order chi connectivity index (χ0) is 17.4. The molecule has 4 aliphatic rings. The minimum Gasteiger partial charge on any atom is -0.462 e. The molecule has 4 fully saturated rings. The molecule has 4 rings (SSSR count). The molecule has 0 radical (unpaired) electrons. The Morgan fingerprint density at radius 3 is 2.33 bits per heavy atom. The van der Waals surface area contributed by atoms with Gasteiger partial charge < -0.3 is 9.84 Å². The van der Waals surface area contributed by atoms with Gasteiger partial charge >= 0.3 is 5.97 Å². The molecule has 0 saturated heterocycles. The van der Waals surface area contributed by atoms with Crippen molar-refractivity contribution in [2.24, 2.45) is 52.3 Å². The number of hydrogen-bond acceptors (Lipinski definition) is 3. The van der Waals surface area contributed by atoms with E-state index in [9.17, 15) is 9.90 Å². The fourth-order valence-corrected chi connectivity index (χ4v) is 7.27. The van der Waals surface area contributed by atoms with Crippen molar-refractivity contribution >= 4 is 5.97 Å². The molecule has 4 bridgehead atoms. The maximum atomic E-state index is 13.1. The lowest BCUT2D eigenvalue weighted by Gasteiger charge is -2.41. The summed E-state index contributed by atoms with van der Waals surface area (Å²) in [5, 5.41) is 9.90. The van der Waals surface area contributed by atoms with E-state index in [0.29, 0.717) is 29.6 Å². The van der Waals surface area contributed by atoms with Crippen LogP contribution in [0, 0.1) is 52.3 Å². The first-order valence-corrected chi connectivity index (χ1v) is 10.0. The third kappa shape index (κ3) is 1.91. The summed E-state index contributed by atoms with van der Waals surface area (Å²) in [6, 6.07) is 0. The van der Waals surface area contributed by atoms with E-state index in [-0.39, 0.29) is 41.3 Å². The van der Waals surface area contributed by atoms with E-state index in [2.05, 4.69) is 34.6 Å². The van der Waals surface area contributed by atoms with Crippen LogP contribution in [0.3, 0.4) is 0 Å². The fraction of sp³-hybridized carbons (Fsp3) is 0.952. The van der Waals surface area contributed by atoms with Gasteiger partial charge in [0.15, 0.2) is 0 Å². The van der Waals surface area contributed by atoms with E-state index in [4.69, 9.17) is 4.74 Å². The Bertz CT molecular complexity index is 539. The van der Waals surface area contributed by atoms with Gasteiger partial charge in [-0.15, -0.1) is 0 Å². The molecular formula is C21H34O3. The third-order valence-electron chi connectivity index (χ3n) is 9.65. The van der Waals surface area contributed by atoms with E-state index < -0.39 is 0 Å². The van der Waals surface area contributed by atoms with Crippen LogP contribution in [0.5, 0.6) is 0 Å². The quantitative estimate of drug-likeness (QED) is 0.797. The summed E-state index contributed by atoms with van der Waals surface area (Å²) >= 11 is 0. The number of aliphatic hydroxyl groups excluding tert-OH is 1. The molecule has 0 aromatic carbocycles. The van der Waals surface area contributed by atoms with Crippen LogP contribution < -0.4 is 0 Å². The number of aliphatic hydroxyl groups is 1. The van der Waals surface area contributed by atoms with Crippen molar-refractivity contribution in [1.82, 2.24) is 0 Å². The van der Waals surface area contributed by atoms with Gasteiger partial charge in [-0.05, 0) is 66.6 Å². The van der Waals surface area contributed by atoms with E-state index in [1.54, 1.807) is 0 Å². The van der Waals surface area contributed by atoms with E-state index in [0.717, 1.165) is 12.8 Å². The normalized spacial score (nSPS) is 54.4. The second kappa shape index (κ2) is 5.22. The standard InChI is InChI=1S/C21H34O3/c1-11-12(2)15-9-14(11)16(10-22)18(15)19(23)24-17-8-13-6-7-21(17,5)20(13,3)4/h11-18,22H,6-10H2,1-5H3. The molecule has 136 valence electrons. The molecule has 0 aliphatic heterocycles. The third-order valence-corrected chi connectivity index (χ3v) is 9.65. The number of esters is 1. The number of carbonyl (C=O) groups is 1. The first-order valence-electron chi connectivity index (χ1n) is 10.0. The number of ether oxygens (including phenoxy) is 1. The molecule has 0 heterocycles. The SMILES string of the molecule is CC1C(C)C2CC1C(CO)C2C(=O)OC1CC2CCC1(C)C2(C)C. The average molecular weight is 335 g/mol. The highest BCUT2D eigenvalue weighted by atomic mass is 16.5. The number of rotatable bonds is 3. The van der Waals surface area contributed by atoms with Crippen molar-refractivity contribution in [3.63, 3.8) is 0 Å². The van der Waals surface area contributed by atoms with Crippen molar-refractivity contribution in [1.29, 1.82) is 0 Å². The van der Waals surface area contributed by atoms with Gasteiger partial charge in [-0.25, -0.2) is 0 Å². The average Bonchev–Trinajstić information content (AvgIpc) is 3.17. The van der Waals surface area contributed by atoms with Crippen LogP contribution in [0.2, 0.25) is 0 Å². The monoisotopic (exact) mass is 334 g/mol. The van der Waals surface area contributed by atoms with Crippen molar-refractivity contribution in [2.45, 2.75) is 66.4 Å². The van der Waals surface area contributed by atoms with Crippen LogP contribution in [0.4, 0.5) is 0 Å². The van der Waals surface area contributed by atoms with Crippen LogP contribution in [0.15, 0.2) is 0 Å². The van der Waals surface area contributed by atoms with E-state index >= 15 is 0 Å². The van der Waals surface area contributed by atoms with Gasteiger partial charge in [0.2, 0.25) is 0 Å². The lowest BCUT2D eigenvalue weighted by molar-refractivity contribution is -0.168. The number of fused-ring (bicyclic) bond motifs is 4. The molecule has 4 saturated carbocycles. The van der Waals surface area contributed by atoms with Crippen LogP contribution >= 0.6 is 0 Å². The second-order valence-corrected chi connectivity index (χ2v) is 10.2. The van der Waals surface area contributed by atoms with Gasteiger partial charge in [0.1, 0.15) is 6.10 Å². The van der Waals surface area contributed by atoms with Crippen LogP contribution in [0.1, 0.15) is 60.3 Å². The maximum absolute atomic E-state index is 13.1. The van der Waals surface area contributed by atoms with E-state index in [1.807, 2.05) is 0 Å². The zero-order valence-electron chi connectivity index (χ0n) is 15.9. The van der Waals surface area contributed by atoms with Crippen molar-refractivity contribution in [2.75, 3.05) is 6.61 Å². The number of carbonyl (C=O) groups excluding carboxylic acids is 1. The molecule has 4 aliphatic carbocycles. The molecule has 24 heavy (non-hydrogen) atoms. The van der Waals surface area contributed by atoms with E-state index in [1.165, 1.54) is 12.8 Å². The summed E-state index contributed by atoms with van der Waals surface area (Å²) in [5.41, 5.74) is 0.392. The predicted octanol–water partition coefficient (Wildman–Crippen LogP) is 3.89. The highest BCUT2D eigenvalue weighted by Gasteiger charge is 2.64. The summed E-state index contributed by atoms with van der Waals surface area (Å²) in [6.45, 7) is 11.7. The summed E-state index contributed by atoms with van der Waals surface area (Å²) in [5.74, 6) is 2.83. The Morgan fingerprint density at radius 2 is 1.79 bits per heavy atom. The molecule has 0 amide bonds. The highest BCUT2D eigenvalue weighted by Crippen LogP contribution is 2.66. The maximum Gasteiger partial charge on any atom is 0.309 e. The zero-order valence-corrected chi connectivity index (χ0v) is 15.9. The molecule has 3 nitrogen and oxygen atoms in total. The molecule has 9 atom stereocenters. The molecule has 0 aromatic rings. The van der Waals surface area contributed by atoms with Crippen molar-refractivity contribution in [3.8, 4) is 0 Å². The van der Waals surface area contributed by atoms with Gasteiger partial charge in [-0.3, -0.25) is 4.79 Å².